The Morgan fingerprint density at radius 3 is 2.16 bits per heavy atom. The van der Waals surface area contributed by atoms with Crippen LogP contribution in [0.25, 0.3) is 0 Å². The summed E-state index contributed by atoms with van der Waals surface area (Å²) >= 11 is 0. The molecule has 0 saturated heterocycles. The average Bonchev–Trinajstić information content (AvgIpc) is 3.35. The lowest BCUT2D eigenvalue weighted by Crippen LogP contribution is -2.43. The van der Waals surface area contributed by atoms with Crippen molar-refractivity contribution in [3.05, 3.63) is 65.7 Å². The fourth-order valence-corrected chi connectivity index (χ4v) is 4.85. The van der Waals surface area contributed by atoms with Gasteiger partial charge < -0.3 is 16.0 Å². The Morgan fingerprint density at radius 1 is 0.871 bits per heavy atom. The second-order valence-electron chi connectivity index (χ2n) is 9.04. The molecule has 2 aliphatic carbocycles. The highest BCUT2D eigenvalue weighted by atomic mass is 16.2. The Bertz CT molecular complexity index is 867. The van der Waals surface area contributed by atoms with Crippen LogP contribution in [0.5, 0.6) is 0 Å². The number of carbonyl (C=O) groups is 2. The fourth-order valence-electron chi connectivity index (χ4n) is 4.85. The summed E-state index contributed by atoms with van der Waals surface area (Å²) in [5.41, 5.74) is 8.71. The van der Waals surface area contributed by atoms with Crippen molar-refractivity contribution >= 4 is 17.5 Å². The van der Waals surface area contributed by atoms with Crippen LogP contribution in [-0.2, 0) is 11.3 Å². The molecular weight excluding hydrogens is 386 g/mol. The summed E-state index contributed by atoms with van der Waals surface area (Å²) in [4.78, 5) is 27.7. The van der Waals surface area contributed by atoms with Gasteiger partial charge in [0.2, 0.25) is 5.91 Å². The molecule has 2 fully saturated rings. The van der Waals surface area contributed by atoms with Gasteiger partial charge in [-0.1, -0.05) is 43.2 Å². The van der Waals surface area contributed by atoms with Gasteiger partial charge in [0.25, 0.3) is 5.91 Å². The highest BCUT2D eigenvalue weighted by Crippen LogP contribution is 2.27. The van der Waals surface area contributed by atoms with Gasteiger partial charge in [-0.3, -0.25) is 9.59 Å². The Kier molecular flexibility index (Phi) is 7.03. The van der Waals surface area contributed by atoms with Crippen molar-refractivity contribution in [1.82, 2.24) is 4.90 Å². The zero-order chi connectivity index (χ0) is 21.6. The molecule has 2 amide bonds. The third kappa shape index (κ3) is 5.53. The maximum absolute atomic E-state index is 13.3. The molecule has 0 unspecified atom stereocenters. The van der Waals surface area contributed by atoms with Crippen LogP contribution in [0.15, 0.2) is 54.6 Å². The van der Waals surface area contributed by atoms with E-state index in [2.05, 4.69) is 5.32 Å². The molecule has 0 aromatic heterocycles. The number of nitrogens with one attached hydrogen (secondary N) is 1. The van der Waals surface area contributed by atoms with E-state index in [4.69, 9.17) is 5.73 Å². The van der Waals surface area contributed by atoms with E-state index in [0.717, 1.165) is 68.2 Å². The van der Waals surface area contributed by atoms with Gasteiger partial charge in [0.05, 0.1) is 0 Å². The van der Waals surface area contributed by atoms with E-state index in [1.54, 1.807) is 0 Å². The molecule has 5 heteroatoms. The Labute approximate surface area is 185 Å². The van der Waals surface area contributed by atoms with Crippen LogP contribution in [0.4, 0.5) is 5.69 Å². The number of rotatable bonds is 6. The van der Waals surface area contributed by atoms with E-state index in [9.17, 15) is 9.59 Å². The first kappa shape index (κ1) is 21.6. The van der Waals surface area contributed by atoms with Crippen LogP contribution in [0.1, 0.15) is 67.3 Å². The molecule has 164 valence electrons. The maximum Gasteiger partial charge on any atom is 0.254 e. The van der Waals surface area contributed by atoms with Gasteiger partial charge >= 0.3 is 0 Å². The minimum absolute atomic E-state index is 0.0692. The van der Waals surface area contributed by atoms with Crippen molar-refractivity contribution in [3.8, 4) is 0 Å². The molecule has 0 spiro atoms. The maximum atomic E-state index is 13.3. The lowest BCUT2D eigenvalue weighted by Gasteiger charge is -2.36. The van der Waals surface area contributed by atoms with E-state index < -0.39 is 0 Å². The number of benzene rings is 2. The van der Waals surface area contributed by atoms with Crippen LogP contribution in [0.3, 0.4) is 0 Å². The van der Waals surface area contributed by atoms with Gasteiger partial charge in [-0.15, -0.1) is 0 Å². The van der Waals surface area contributed by atoms with E-state index in [1.807, 2.05) is 59.5 Å². The molecule has 0 radical (unpaired) electrons. The number of nitrogens with zero attached hydrogens (tertiary/aromatic N) is 1. The molecule has 4 rings (SSSR count). The molecule has 2 aliphatic rings. The lowest BCUT2D eigenvalue weighted by molar-refractivity contribution is -0.119. The molecule has 3 N–H and O–H groups in total. The van der Waals surface area contributed by atoms with E-state index in [1.165, 1.54) is 0 Å². The molecule has 0 heterocycles. The zero-order valence-electron chi connectivity index (χ0n) is 18.1. The van der Waals surface area contributed by atoms with Gasteiger partial charge in [0.15, 0.2) is 0 Å². The molecule has 2 aromatic carbocycles. The topological polar surface area (TPSA) is 75.4 Å². The van der Waals surface area contributed by atoms with Crippen molar-refractivity contribution in [2.45, 2.75) is 70.0 Å². The van der Waals surface area contributed by atoms with Crippen LogP contribution < -0.4 is 11.1 Å². The van der Waals surface area contributed by atoms with Gasteiger partial charge in [0.1, 0.15) is 0 Å². The van der Waals surface area contributed by atoms with Crippen molar-refractivity contribution in [2.24, 2.45) is 11.7 Å². The SMILES string of the molecule is NC1CCC(N(Cc2ccc(NC(=O)C3CCCC3)cc2)C(=O)c2ccccc2)CC1. The molecule has 31 heavy (non-hydrogen) atoms. The smallest absolute Gasteiger partial charge is 0.254 e. The summed E-state index contributed by atoms with van der Waals surface area (Å²) in [6.07, 6.45) is 8.06. The van der Waals surface area contributed by atoms with Crippen molar-refractivity contribution in [2.75, 3.05) is 5.32 Å². The number of anilines is 1. The second kappa shape index (κ2) is 10.1. The monoisotopic (exact) mass is 419 g/mol. The molecule has 0 bridgehead atoms. The van der Waals surface area contributed by atoms with Gasteiger partial charge in [-0.05, 0) is 68.4 Å². The summed E-state index contributed by atoms with van der Waals surface area (Å²) in [6.45, 7) is 0.560. The predicted molar refractivity (Wildman–Crippen MR) is 124 cm³/mol. The summed E-state index contributed by atoms with van der Waals surface area (Å²) < 4.78 is 0. The summed E-state index contributed by atoms with van der Waals surface area (Å²) in [5.74, 6) is 0.348. The summed E-state index contributed by atoms with van der Waals surface area (Å²) in [6, 6.07) is 17.9. The van der Waals surface area contributed by atoms with Crippen LogP contribution in [0, 0.1) is 5.92 Å². The largest absolute Gasteiger partial charge is 0.331 e. The fraction of sp³-hybridized carbons (Fsp3) is 0.462. The van der Waals surface area contributed by atoms with E-state index in [0.29, 0.717) is 6.54 Å². The summed E-state index contributed by atoms with van der Waals surface area (Å²) in [7, 11) is 0. The average molecular weight is 420 g/mol. The van der Waals surface area contributed by atoms with Crippen LogP contribution >= 0.6 is 0 Å². The minimum atomic E-state index is 0.0692. The normalized spacial score (nSPS) is 21.6. The third-order valence-corrected chi connectivity index (χ3v) is 6.76. The quantitative estimate of drug-likeness (QED) is 0.711. The van der Waals surface area contributed by atoms with Gasteiger partial charge in [0, 0.05) is 35.8 Å². The highest BCUT2D eigenvalue weighted by Gasteiger charge is 2.28. The Hall–Kier alpha value is -2.66. The van der Waals surface area contributed by atoms with E-state index >= 15 is 0 Å². The second-order valence-corrected chi connectivity index (χ2v) is 9.04. The molecule has 2 aromatic rings. The molecule has 5 nitrogen and oxygen atoms in total. The van der Waals surface area contributed by atoms with Crippen LogP contribution in [-0.4, -0.2) is 28.8 Å². The van der Waals surface area contributed by atoms with E-state index in [-0.39, 0.29) is 29.8 Å². The molecule has 0 atom stereocenters. The first-order valence-corrected chi connectivity index (χ1v) is 11.6. The molecule has 0 aliphatic heterocycles. The number of nitrogens with two attached hydrogens (primary N) is 1. The van der Waals surface area contributed by atoms with Crippen molar-refractivity contribution < 1.29 is 9.59 Å². The van der Waals surface area contributed by atoms with Gasteiger partial charge in [-0.25, -0.2) is 0 Å². The minimum Gasteiger partial charge on any atom is -0.331 e. The highest BCUT2D eigenvalue weighted by molar-refractivity contribution is 5.94. The van der Waals surface area contributed by atoms with Crippen molar-refractivity contribution in [1.29, 1.82) is 0 Å². The van der Waals surface area contributed by atoms with Gasteiger partial charge in [-0.2, -0.15) is 0 Å². The zero-order valence-corrected chi connectivity index (χ0v) is 18.1. The number of carbonyl (C=O) groups excluding carboxylic acids is 2. The predicted octanol–water partition coefficient (Wildman–Crippen LogP) is 4.73. The number of amides is 2. The first-order valence-electron chi connectivity index (χ1n) is 11.6. The standard InChI is InChI=1S/C26H33N3O2/c27-22-12-16-24(17-13-22)29(26(31)21-8-2-1-3-9-21)18-19-10-14-23(15-11-19)28-25(30)20-6-4-5-7-20/h1-3,8-11,14-15,20,22,24H,4-7,12-13,16-18,27H2,(H,28,30). The molecular formula is C26H33N3O2. The summed E-state index contributed by atoms with van der Waals surface area (Å²) in [5, 5.41) is 3.05. The first-order chi connectivity index (χ1) is 15.1. The van der Waals surface area contributed by atoms with Crippen LogP contribution in [0.2, 0.25) is 0 Å². The third-order valence-electron chi connectivity index (χ3n) is 6.76. The lowest BCUT2D eigenvalue weighted by atomic mass is 9.90. The molecule has 2 saturated carbocycles. The number of hydrogen-bond donors (Lipinski definition) is 2. The number of hydrogen-bond acceptors (Lipinski definition) is 3. The van der Waals surface area contributed by atoms with Crippen molar-refractivity contribution in [3.63, 3.8) is 0 Å². The Balaban J connectivity index is 1.45. The Morgan fingerprint density at radius 2 is 1.52 bits per heavy atom.